The number of ether oxygens (including phenoxy) is 1. The Hall–Kier alpha value is -1.40. The fourth-order valence-electron chi connectivity index (χ4n) is 4.04. The Bertz CT molecular complexity index is 1110. The minimum Gasteiger partial charge on any atom is -0.469 e. The summed E-state index contributed by atoms with van der Waals surface area (Å²) in [6, 6.07) is 8.27. The summed E-state index contributed by atoms with van der Waals surface area (Å²) < 4.78 is 15.8. The molecule has 5 heteroatoms. The number of rotatable bonds is 6. The van der Waals surface area contributed by atoms with Gasteiger partial charge in [0.25, 0.3) is 0 Å². The number of furan rings is 1. The number of hydrogen-bond donors (Lipinski definition) is 0. The van der Waals surface area contributed by atoms with E-state index < -0.39 is 8.32 Å². The zero-order valence-electron chi connectivity index (χ0n) is 39.8. The molecule has 0 radical (unpaired) electrons. The van der Waals surface area contributed by atoms with Crippen LogP contribution in [-0.2, 0) is 22.0 Å². The van der Waals surface area contributed by atoms with E-state index in [1.807, 2.05) is 23.5 Å². The second-order valence-electron chi connectivity index (χ2n) is 22.7. The van der Waals surface area contributed by atoms with E-state index in [9.17, 15) is 0 Å². The van der Waals surface area contributed by atoms with Gasteiger partial charge in [-0.15, -0.1) is 11.3 Å². The molecule has 53 heavy (non-hydrogen) atoms. The molecule has 0 unspecified atom stereocenters. The minimum absolute atomic E-state index is 0.320. The van der Waals surface area contributed by atoms with Gasteiger partial charge in [-0.1, -0.05) is 168 Å². The van der Waals surface area contributed by atoms with Gasteiger partial charge in [-0.25, -0.2) is 0 Å². The summed E-state index contributed by atoms with van der Waals surface area (Å²) in [4.78, 5) is 1.49. The van der Waals surface area contributed by atoms with Crippen LogP contribution in [0.3, 0.4) is 0 Å². The molecule has 2 heterocycles. The molecule has 0 fully saturated rings. The van der Waals surface area contributed by atoms with E-state index in [-0.39, 0.29) is 0 Å². The maximum absolute atomic E-state index is 5.73. The van der Waals surface area contributed by atoms with Crippen LogP contribution >= 0.6 is 11.3 Å². The van der Waals surface area contributed by atoms with E-state index >= 15 is 0 Å². The predicted molar refractivity (Wildman–Crippen MR) is 245 cm³/mol. The highest BCUT2D eigenvalue weighted by Crippen LogP contribution is 2.28. The predicted octanol–water partition coefficient (Wildman–Crippen LogP) is 16.5. The molecule has 0 atom stereocenters. The summed E-state index contributed by atoms with van der Waals surface area (Å²) in [5.41, 5.74) is 3.99. The molecular formula is C48H92O3SSi. The molecule has 2 aromatic rings. The molecule has 0 amide bonds. The summed E-state index contributed by atoms with van der Waals surface area (Å²) >= 11 is 1.85. The first kappa shape index (κ1) is 55.9. The third-order valence-corrected chi connectivity index (χ3v) is 8.64. The number of allylic oxidation sites excluding steroid dienone is 4. The van der Waals surface area contributed by atoms with Gasteiger partial charge in [0.2, 0.25) is 0 Å². The fraction of sp³-hybridized carbons (Fsp3) is 0.750. The molecular weight excluding hydrogens is 685 g/mol. The molecule has 0 aromatic carbocycles. The Morgan fingerprint density at radius 3 is 1.38 bits per heavy atom. The minimum atomic E-state index is -1.27. The van der Waals surface area contributed by atoms with Crippen LogP contribution in [0.2, 0.25) is 19.6 Å². The van der Waals surface area contributed by atoms with Gasteiger partial charge in [0.05, 0.1) is 12.9 Å². The third-order valence-electron chi connectivity index (χ3n) is 6.75. The highest BCUT2D eigenvalue weighted by atomic mass is 32.1. The monoisotopic (exact) mass is 777 g/mol. The maximum atomic E-state index is 5.73. The normalized spacial score (nSPS) is 13.4. The molecule has 0 N–H and O–H groups in total. The van der Waals surface area contributed by atoms with E-state index in [4.69, 9.17) is 13.6 Å². The van der Waals surface area contributed by atoms with Crippen LogP contribution in [0, 0.1) is 32.5 Å². The van der Waals surface area contributed by atoms with Crippen molar-refractivity contribution in [3.8, 4) is 0 Å². The van der Waals surface area contributed by atoms with E-state index in [0.717, 1.165) is 25.4 Å². The van der Waals surface area contributed by atoms with Crippen molar-refractivity contribution in [3.05, 3.63) is 70.3 Å². The average Bonchev–Trinajstić information content (AvgIpc) is 3.71. The fourth-order valence-corrected chi connectivity index (χ4v) is 5.91. The maximum Gasteiger partial charge on any atom is 0.183 e. The lowest BCUT2D eigenvalue weighted by molar-refractivity contribution is 0.116. The smallest absolute Gasteiger partial charge is 0.183 e. The highest BCUT2D eigenvalue weighted by Gasteiger charge is 2.19. The molecule has 3 nitrogen and oxygen atoms in total. The highest BCUT2D eigenvalue weighted by molar-refractivity contribution is 7.09. The quantitative estimate of drug-likeness (QED) is 0.274. The molecule has 0 bridgehead atoms. The standard InChI is InChI=1S/C10H16.C9H14O.C9H14S.C8H20OSi.C6H14O.C6H14/c1-10(2,3)8-9-6-4-5-7-9;2*1-9(2,3)7-8-5-4-6-10-8;1-8(2,3)7-9-10(4,5)6;1-6(2,3)5-7-4;1-5-6(2,3)4/h4-6H,7-8H2,1-3H3;2*4-6H,7H2,1-3H3;7H2,1-6H3;5H2,1-4H3;5H2,1-4H3. The van der Waals surface area contributed by atoms with Crippen molar-refractivity contribution in [3.63, 3.8) is 0 Å². The second-order valence-corrected chi connectivity index (χ2v) is 28.2. The van der Waals surface area contributed by atoms with Crippen LogP contribution in [0.15, 0.2) is 64.1 Å². The molecule has 0 saturated carbocycles. The lowest BCUT2D eigenvalue weighted by Crippen LogP contribution is -2.30. The van der Waals surface area contributed by atoms with Gasteiger partial charge >= 0.3 is 0 Å². The Labute approximate surface area is 338 Å². The van der Waals surface area contributed by atoms with Crippen molar-refractivity contribution in [1.29, 1.82) is 0 Å². The Kier molecular flexibility index (Phi) is 27.1. The number of hydrogen-bond acceptors (Lipinski definition) is 4. The topological polar surface area (TPSA) is 31.6 Å². The number of methoxy groups -OCH3 is 1. The van der Waals surface area contributed by atoms with Crippen molar-refractivity contribution < 1.29 is 13.6 Å². The summed E-state index contributed by atoms with van der Waals surface area (Å²) in [6.07, 6.45) is 14.2. The van der Waals surface area contributed by atoms with Crippen molar-refractivity contribution in [2.75, 3.05) is 20.3 Å². The number of thiophene rings is 1. The van der Waals surface area contributed by atoms with Crippen LogP contribution in [0.25, 0.3) is 0 Å². The molecule has 1 aliphatic rings. The first-order valence-corrected chi connectivity index (χ1v) is 24.4. The summed E-state index contributed by atoms with van der Waals surface area (Å²) in [7, 11) is 0.460. The van der Waals surface area contributed by atoms with Crippen molar-refractivity contribution >= 4 is 19.7 Å². The van der Waals surface area contributed by atoms with Gasteiger partial charge < -0.3 is 13.6 Å². The first-order chi connectivity index (χ1) is 23.6. The lowest BCUT2D eigenvalue weighted by Gasteiger charge is -2.25. The largest absolute Gasteiger partial charge is 0.469 e. The van der Waals surface area contributed by atoms with Gasteiger partial charge in [0.15, 0.2) is 8.32 Å². The van der Waals surface area contributed by atoms with Crippen molar-refractivity contribution in [2.45, 2.75) is 183 Å². The lowest BCUT2D eigenvalue weighted by atomic mass is 9.88. The van der Waals surface area contributed by atoms with Gasteiger partial charge in [-0.2, -0.15) is 0 Å². The van der Waals surface area contributed by atoms with E-state index in [1.54, 1.807) is 18.9 Å². The SMILES string of the molecule is CC(C)(C)CC1=CC=CC1.CC(C)(C)CO[Si](C)(C)C.CC(C)(C)Cc1ccco1.CC(C)(C)Cc1cccs1.CCC(C)(C)C.COCC(C)(C)C. The first-order valence-electron chi connectivity index (χ1n) is 20.1. The Morgan fingerprint density at radius 2 is 1.13 bits per heavy atom. The third kappa shape index (κ3) is 50.6. The van der Waals surface area contributed by atoms with E-state index in [2.05, 4.69) is 187 Å². The molecule has 0 spiro atoms. The van der Waals surface area contributed by atoms with Gasteiger partial charge in [-0.05, 0) is 95.0 Å². The van der Waals surface area contributed by atoms with Crippen LogP contribution in [0.5, 0.6) is 0 Å². The van der Waals surface area contributed by atoms with Crippen LogP contribution in [0.1, 0.15) is 161 Å². The van der Waals surface area contributed by atoms with Gasteiger partial charge in [0.1, 0.15) is 5.76 Å². The summed E-state index contributed by atoms with van der Waals surface area (Å²) in [5.74, 6) is 1.08. The Morgan fingerprint density at radius 1 is 0.642 bits per heavy atom. The van der Waals surface area contributed by atoms with Gasteiger partial charge in [-0.3, -0.25) is 0 Å². The van der Waals surface area contributed by atoms with E-state index in [1.165, 1.54) is 30.6 Å². The van der Waals surface area contributed by atoms with Crippen LogP contribution < -0.4 is 0 Å². The van der Waals surface area contributed by atoms with Crippen LogP contribution in [0.4, 0.5) is 0 Å². The van der Waals surface area contributed by atoms with Gasteiger partial charge in [0, 0.05) is 25.0 Å². The average molecular weight is 777 g/mol. The zero-order chi connectivity index (χ0) is 42.4. The molecule has 0 aliphatic heterocycles. The molecule has 3 rings (SSSR count). The zero-order valence-corrected chi connectivity index (χ0v) is 41.6. The van der Waals surface area contributed by atoms with Crippen molar-refractivity contribution in [2.24, 2.45) is 32.5 Å². The second kappa shape index (κ2) is 25.7. The molecule has 1 aliphatic carbocycles. The van der Waals surface area contributed by atoms with Crippen molar-refractivity contribution in [1.82, 2.24) is 0 Å². The molecule has 2 aromatic heterocycles. The molecule has 312 valence electrons. The Balaban J connectivity index is -0.000000572. The molecule has 0 saturated heterocycles. The van der Waals surface area contributed by atoms with E-state index in [0.29, 0.717) is 32.5 Å². The summed E-state index contributed by atoms with van der Waals surface area (Å²) in [6.45, 7) is 50.7. The van der Waals surface area contributed by atoms with Crippen LogP contribution in [-0.4, -0.2) is 28.6 Å². The summed E-state index contributed by atoms with van der Waals surface area (Å²) in [5, 5.41) is 2.14.